The van der Waals surface area contributed by atoms with Crippen molar-refractivity contribution < 1.29 is 19.7 Å². The van der Waals surface area contributed by atoms with E-state index in [1.54, 1.807) is 0 Å². The Morgan fingerprint density at radius 1 is 0.786 bits per heavy atom. The minimum absolute atomic E-state index is 0.103. The third kappa shape index (κ3) is 3.30. The molecule has 1 aliphatic rings. The molecule has 0 saturated heterocycles. The number of hydrogen-bond acceptors (Lipinski definition) is 6. The van der Waals surface area contributed by atoms with Crippen LogP contribution in [-0.4, -0.2) is 20.7 Å². The van der Waals surface area contributed by atoms with Gasteiger partial charge in [0.25, 0.3) is 5.69 Å². The predicted octanol–water partition coefficient (Wildman–Crippen LogP) is 4.42. The normalized spacial score (nSPS) is 11.1. The third-order valence-corrected chi connectivity index (χ3v) is 4.31. The fourth-order valence-electron chi connectivity index (χ4n) is 2.96. The van der Waals surface area contributed by atoms with Crippen LogP contribution >= 0.6 is 0 Å². The van der Waals surface area contributed by atoms with Crippen LogP contribution in [0.1, 0.15) is 21.5 Å². The van der Waals surface area contributed by atoms with Crippen molar-refractivity contribution >= 4 is 17.2 Å². The zero-order valence-corrected chi connectivity index (χ0v) is 14.7. The van der Waals surface area contributed by atoms with Crippen LogP contribution in [0.4, 0.5) is 11.4 Å². The fraction of sp³-hybridized carbons (Fsp3) is 0.0500. The summed E-state index contributed by atoms with van der Waals surface area (Å²) in [5, 5.41) is 29.9. The van der Waals surface area contributed by atoms with Crippen LogP contribution in [0.3, 0.4) is 0 Å². The Morgan fingerprint density at radius 3 is 1.68 bits per heavy atom. The van der Waals surface area contributed by atoms with E-state index in [9.17, 15) is 30.1 Å². The monoisotopic (exact) mass is 378 g/mol. The van der Waals surface area contributed by atoms with Crippen molar-refractivity contribution in [3.05, 3.63) is 97.6 Å². The lowest BCUT2D eigenvalue weighted by atomic mass is 10.1. The molecule has 1 aliphatic carbocycles. The lowest BCUT2D eigenvalue weighted by Gasteiger charge is -1.99. The molecule has 0 radical (unpaired) electrons. The maximum absolute atomic E-state index is 11.9. The van der Waals surface area contributed by atoms with Crippen LogP contribution in [0.25, 0.3) is 11.1 Å². The molecule has 0 fully saturated rings. The van der Waals surface area contributed by atoms with E-state index in [1.165, 1.54) is 6.92 Å². The van der Waals surface area contributed by atoms with Crippen molar-refractivity contribution in [1.29, 1.82) is 0 Å². The van der Waals surface area contributed by atoms with E-state index in [2.05, 4.69) is 0 Å². The van der Waals surface area contributed by atoms with Gasteiger partial charge >= 0.3 is 5.69 Å². The predicted molar refractivity (Wildman–Crippen MR) is 101 cm³/mol. The summed E-state index contributed by atoms with van der Waals surface area (Å²) in [6.45, 7) is 1.36. The highest BCUT2D eigenvalue weighted by Crippen LogP contribution is 2.36. The molecule has 8 heteroatoms. The van der Waals surface area contributed by atoms with Crippen LogP contribution in [0.2, 0.25) is 0 Å². The van der Waals surface area contributed by atoms with Crippen LogP contribution in [0, 0.1) is 27.2 Å². The zero-order valence-electron chi connectivity index (χ0n) is 14.7. The number of benzene rings is 3. The molecule has 3 aromatic rings. The van der Waals surface area contributed by atoms with Crippen LogP contribution < -0.4 is 0 Å². The summed E-state index contributed by atoms with van der Waals surface area (Å²) in [4.78, 5) is 31.0. The van der Waals surface area contributed by atoms with E-state index in [1.807, 2.05) is 48.5 Å². The first kappa shape index (κ1) is 18.7. The van der Waals surface area contributed by atoms with Crippen molar-refractivity contribution in [2.24, 2.45) is 0 Å². The lowest BCUT2D eigenvalue weighted by Crippen LogP contribution is -1.94. The number of phenols is 1. The van der Waals surface area contributed by atoms with Crippen LogP contribution in [-0.2, 0) is 0 Å². The highest BCUT2D eigenvalue weighted by Gasteiger charge is 2.25. The number of nitro benzene ring substituents is 2. The number of carbonyl (C=O) groups excluding carboxylic acids is 1. The van der Waals surface area contributed by atoms with Crippen molar-refractivity contribution in [2.45, 2.75) is 6.92 Å². The summed E-state index contributed by atoms with van der Waals surface area (Å²) in [6, 6.07) is 17.3. The molecule has 8 nitrogen and oxygen atoms in total. The molecule has 0 atom stereocenters. The minimum atomic E-state index is -0.866. The van der Waals surface area contributed by atoms with E-state index in [-0.39, 0.29) is 11.3 Å². The lowest BCUT2D eigenvalue weighted by molar-refractivity contribution is -0.394. The summed E-state index contributed by atoms with van der Waals surface area (Å²) in [7, 11) is 0. The molecule has 0 heterocycles. The van der Waals surface area contributed by atoms with Crippen LogP contribution in [0.5, 0.6) is 5.75 Å². The second-order valence-corrected chi connectivity index (χ2v) is 6.06. The van der Waals surface area contributed by atoms with Gasteiger partial charge in [-0.1, -0.05) is 48.5 Å². The number of aryl methyl sites for hydroxylation is 1. The van der Waals surface area contributed by atoms with Crippen molar-refractivity contribution in [2.75, 3.05) is 0 Å². The third-order valence-electron chi connectivity index (χ3n) is 4.31. The topological polar surface area (TPSA) is 124 Å². The standard InChI is InChI=1S/C13H8O.C7H6N2O5/c14-13-11-7-3-1-5-9(11)10-6-2-4-8-12(10)13;1-4-2-5(8(11)12)3-6(7(4)10)9(13)14/h1-8H;2-3,10H,1H3. The smallest absolute Gasteiger partial charge is 0.317 e. The number of nitrogens with zero attached hydrogens (tertiary/aromatic N) is 2. The van der Waals surface area contributed by atoms with E-state index >= 15 is 0 Å². The molecule has 3 aromatic carbocycles. The van der Waals surface area contributed by atoms with E-state index in [0.29, 0.717) is 0 Å². The number of aromatic hydroxyl groups is 1. The van der Waals surface area contributed by atoms with E-state index < -0.39 is 27.0 Å². The van der Waals surface area contributed by atoms with E-state index in [0.717, 1.165) is 34.4 Å². The second kappa shape index (κ2) is 7.28. The Hall–Kier alpha value is -4.07. The Morgan fingerprint density at radius 2 is 1.25 bits per heavy atom. The molecule has 0 saturated carbocycles. The number of nitro groups is 2. The highest BCUT2D eigenvalue weighted by atomic mass is 16.6. The van der Waals surface area contributed by atoms with Gasteiger partial charge < -0.3 is 5.11 Å². The SMILES string of the molecule is Cc1cc([N+](=O)[O-])cc([N+](=O)[O-])c1O.O=C1c2ccccc2-c2ccccc21. The van der Waals surface area contributed by atoms with Gasteiger partial charge in [0.05, 0.1) is 15.9 Å². The van der Waals surface area contributed by atoms with Gasteiger partial charge in [0.1, 0.15) is 0 Å². The molecule has 0 aliphatic heterocycles. The summed E-state index contributed by atoms with van der Waals surface area (Å²) in [5.74, 6) is -0.392. The van der Waals surface area contributed by atoms with Crippen LogP contribution in [0.15, 0.2) is 60.7 Å². The fourth-order valence-corrected chi connectivity index (χ4v) is 2.96. The largest absolute Gasteiger partial charge is 0.502 e. The molecule has 0 spiro atoms. The Bertz CT molecular complexity index is 1080. The van der Waals surface area contributed by atoms with E-state index in [4.69, 9.17) is 0 Å². The van der Waals surface area contributed by atoms with Crippen molar-refractivity contribution in [1.82, 2.24) is 0 Å². The van der Waals surface area contributed by atoms with Gasteiger partial charge in [0.15, 0.2) is 11.5 Å². The quantitative estimate of drug-likeness (QED) is 0.407. The molecular weight excluding hydrogens is 364 g/mol. The molecule has 140 valence electrons. The van der Waals surface area contributed by atoms with Gasteiger partial charge in [-0.25, -0.2) is 0 Å². The molecular formula is C20H14N2O6. The first-order valence-electron chi connectivity index (χ1n) is 8.16. The van der Waals surface area contributed by atoms with Gasteiger partial charge in [-0.05, 0) is 18.1 Å². The highest BCUT2D eigenvalue weighted by molar-refractivity contribution is 6.21. The molecule has 0 aromatic heterocycles. The number of hydrogen-bond donors (Lipinski definition) is 1. The Labute approximate surface area is 159 Å². The maximum Gasteiger partial charge on any atom is 0.317 e. The number of ketones is 1. The molecule has 0 bridgehead atoms. The maximum atomic E-state index is 11.9. The number of carbonyl (C=O) groups is 1. The molecule has 0 unspecified atom stereocenters. The van der Waals surface area contributed by atoms with Crippen molar-refractivity contribution in [3.63, 3.8) is 0 Å². The number of phenolic OH excluding ortho intramolecular Hbond substituents is 1. The number of rotatable bonds is 2. The minimum Gasteiger partial charge on any atom is -0.502 e. The number of non-ortho nitro benzene ring substituents is 1. The van der Waals surface area contributed by atoms with Crippen molar-refractivity contribution in [3.8, 4) is 16.9 Å². The van der Waals surface area contributed by atoms with Gasteiger partial charge in [-0.2, -0.15) is 0 Å². The first-order chi connectivity index (χ1) is 13.3. The molecule has 0 amide bonds. The molecule has 1 N–H and O–H groups in total. The van der Waals surface area contributed by atoms with Gasteiger partial charge in [-0.3, -0.25) is 25.0 Å². The summed E-state index contributed by atoms with van der Waals surface area (Å²) < 4.78 is 0. The molecule has 28 heavy (non-hydrogen) atoms. The summed E-state index contributed by atoms with van der Waals surface area (Å²) >= 11 is 0. The number of fused-ring (bicyclic) bond motifs is 3. The second-order valence-electron chi connectivity index (χ2n) is 6.06. The average Bonchev–Trinajstić information content (AvgIpc) is 2.97. The zero-order chi connectivity index (χ0) is 20.4. The average molecular weight is 378 g/mol. The Balaban J connectivity index is 0.000000161. The molecule has 4 rings (SSSR count). The van der Waals surface area contributed by atoms with Gasteiger partial charge in [0, 0.05) is 22.8 Å². The summed E-state index contributed by atoms with van der Waals surface area (Å²) in [6.07, 6.45) is 0. The first-order valence-corrected chi connectivity index (χ1v) is 8.16. The van der Waals surface area contributed by atoms with Gasteiger partial charge in [-0.15, -0.1) is 0 Å². The Kier molecular flexibility index (Phi) is 4.86. The van der Waals surface area contributed by atoms with Gasteiger partial charge in [0.2, 0.25) is 0 Å². The summed E-state index contributed by atoms with van der Waals surface area (Å²) in [5.41, 5.74) is 2.82.